The maximum absolute atomic E-state index is 5.77. The van der Waals surface area contributed by atoms with Crippen LogP contribution in [-0.2, 0) is 11.3 Å². The molecule has 1 fully saturated rings. The summed E-state index contributed by atoms with van der Waals surface area (Å²) in [6, 6.07) is 6.09. The minimum atomic E-state index is 0.100. The van der Waals surface area contributed by atoms with E-state index in [1.807, 2.05) is 18.5 Å². The molecule has 0 unspecified atom stereocenters. The van der Waals surface area contributed by atoms with Crippen molar-refractivity contribution in [3.05, 3.63) is 48.0 Å². The Morgan fingerprint density at radius 1 is 1.28 bits per heavy atom. The van der Waals surface area contributed by atoms with Crippen LogP contribution in [0.3, 0.4) is 0 Å². The number of ether oxygens (including phenoxy) is 1. The van der Waals surface area contributed by atoms with Crippen LogP contribution in [0.2, 0.25) is 0 Å². The molecular formula is C13H16N4O. The topological polar surface area (TPSA) is 54.0 Å². The van der Waals surface area contributed by atoms with Crippen molar-refractivity contribution in [1.29, 1.82) is 0 Å². The molecule has 1 saturated heterocycles. The molecule has 0 radical (unpaired) electrons. The maximum atomic E-state index is 5.77. The van der Waals surface area contributed by atoms with Crippen LogP contribution in [0.15, 0.2) is 36.8 Å². The summed E-state index contributed by atoms with van der Waals surface area (Å²) in [5, 5.41) is 6.95. The molecule has 0 bridgehead atoms. The fraction of sp³-hybridized carbons (Fsp3) is 0.385. The zero-order chi connectivity index (χ0) is 12.2. The Kier molecular flexibility index (Phi) is 3.34. The first-order valence-electron chi connectivity index (χ1n) is 6.14. The van der Waals surface area contributed by atoms with E-state index in [1.165, 1.54) is 5.56 Å². The third kappa shape index (κ3) is 2.57. The summed E-state index contributed by atoms with van der Waals surface area (Å²) in [6.45, 7) is 3.56. The lowest BCUT2D eigenvalue weighted by atomic mass is 10.2. The summed E-state index contributed by atoms with van der Waals surface area (Å²) in [5.74, 6) is 0. The summed E-state index contributed by atoms with van der Waals surface area (Å²) < 4.78 is 5.77. The van der Waals surface area contributed by atoms with Gasteiger partial charge in [0.15, 0.2) is 0 Å². The Labute approximate surface area is 106 Å². The second kappa shape index (κ2) is 5.29. The van der Waals surface area contributed by atoms with Crippen molar-refractivity contribution in [3.63, 3.8) is 0 Å². The van der Waals surface area contributed by atoms with E-state index in [4.69, 9.17) is 4.74 Å². The number of aromatic amines is 1. The standard InChI is InChI=1S/C13H16N4O/c1-4-14-5-2-11(1)9-17-7-8-18-13(10-17)12-3-6-15-16-12/h1-6,13H,7-10H2,(H,15,16)/t13-/m0/s1. The second-order valence-corrected chi connectivity index (χ2v) is 4.46. The normalized spacial score (nSPS) is 21.0. The van der Waals surface area contributed by atoms with Crippen molar-refractivity contribution in [2.75, 3.05) is 19.7 Å². The van der Waals surface area contributed by atoms with Crippen LogP contribution in [0.4, 0.5) is 0 Å². The molecular weight excluding hydrogens is 228 g/mol. The molecule has 0 spiro atoms. The van der Waals surface area contributed by atoms with Crippen molar-refractivity contribution in [2.45, 2.75) is 12.6 Å². The van der Waals surface area contributed by atoms with Crippen LogP contribution < -0.4 is 0 Å². The summed E-state index contributed by atoms with van der Waals surface area (Å²) in [4.78, 5) is 6.43. The maximum Gasteiger partial charge on any atom is 0.112 e. The number of rotatable bonds is 3. The van der Waals surface area contributed by atoms with Crippen molar-refractivity contribution in [3.8, 4) is 0 Å². The summed E-state index contributed by atoms with van der Waals surface area (Å²) in [7, 11) is 0. The van der Waals surface area contributed by atoms with Gasteiger partial charge in [-0.3, -0.25) is 15.0 Å². The van der Waals surface area contributed by atoms with E-state index >= 15 is 0 Å². The van der Waals surface area contributed by atoms with E-state index < -0.39 is 0 Å². The minimum absolute atomic E-state index is 0.100. The summed E-state index contributed by atoms with van der Waals surface area (Å²) >= 11 is 0. The highest BCUT2D eigenvalue weighted by Gasteiger charge is 2.22. The largest absolute Gasteiger partial charge is 0.369 e. The van der Waals surface area contributed by atoms with Crippen molar-refractivity contribution >= 4 is 0 Å². The Morgan fingerprint density at radius 2 is 2.17 bits per heavy atom. The Hall–Kier alpha value is -1.72. The highest BCUT2D eigenvalue weighted by Crippen LogP contribution is 2.21. The summed E-state index contributed by atoms with van der Waals surface area (Å²) in [6.07, 6.45) is 5.54. The van der Waals surface area contributed by atoms with Crippen molar-refractivity contribution in [1.82, 2.24) is 20.1 Å². The molecule has 3 rings (SSSR count). The molecule has 1 atom stereocenters. The SMILES string of the molecule is c1cc(CN2CCO[C@H](c3ccn[nH]3)C2)ccn1. The zero-order valence-electron chi connectivity index (χ0n) is 10.1. The van der Waals surface area contributed by atoms with Crippen LogP contribution >= 0.6 is 0 Å². The van der Waals surface area contributed by atoms with Crippen LogP contribution in [0.5, 0.6) is 0 Å². The fourth-order valence-electron chi connectivity index (χ4n) is 2.23. The fourth-order valence-corrected chi connectivity index (χ4v) is 2.23. The van der Waals surface area contributed by atoms with Gasteiger partial charge in [0.1, 0.15) is 6.10 Å². The Balaban J connectivity index is 1.64. The van der Waals surface area contributed by atoms with E-state index in [1.54, 1.807) is 6.20 Å². The van der Waals surface area contributed by atoms with E-state index in [-0.39, 0.29) is 6.10 Å². The van der Waals surface area contributed by atoms with E-state index in [2.05, 4.69) is 32.2 Å². The number of nitrogens with one attached hydrogen (secondary N) is 1. The molecule has 0 aromatic carbocycles. The molecule has 18 heavy (non-hydrogen) atoms. The van der Waals surface area contributed by atoms with Crippen molar-refractivity contribution in [2.24, 2.45) is 0 Å². The lowest BCUT2D eigenvalue weighted by Gasteiger charge is -2.32. The molecule has 2 aromatic heterocycles. The smallest absolute Gasteiger partial charge is 0.112 e. The first-order valence-corrected chi connectivity index (χ1v) is 6.14. The number of morpholine rings is 1. The molecule has 3 heterocycles. The molecule has 94 valence electrons. The van der Waals surface area contributed by atoms with E-state index in [9.17, 15) is 0 Å². The molecule has 1 aliphatic heterocycles. The van der Waals surface area contributed by atoms with Gasteiger partial charge in [-0.2, -0.15) is 5.10 Å². The van der Waals surface area contributed by atoms with Gasteiger partial charge in [0.2, 0.25) is 0 Å². The second-order valence-electron chi connectivity index (χ2n) is 4.46. The number of nitrogens with zero attached hydrogens (tertiary/aromatic N) is 3. The van der Waals surface area contributed by atoms with Gasteiger partial charge in [-0.05, 0) is 23.8 Å². The highest BCUT2D eigenvalue weighted by molar-refractivity contribution is 5.10. The first-order chi connectivity index (χ1) is 8.92. The molecule has 0 aliphatic carbocycles. The lowest BCUT2D eigenvalue weighted by molar-refractivity contribution is -0.0350. The first kappa shape index (κ1) is 11.4. The monoisotopic (exact) mass is 244 g/mol. The van der Waals surface area contributed by atoms with Crippen LogP contribution in [-0.4, -0.2) is 39.8 Å². The van der Waals surface area contributed by atoms with Gasteiger partial charge < -0.3 is 4.74 Å². The van der Waals surface area contributed by atoms with Gasteiger partial charge in [-0.15, -0.1) is 0 Å². The molecule has 1 aliphatic rings. The third-order valence-electron chi connectivity index (χ3n) is 3.18. The molecule has 5 nitrogen and oxygen atoms in total. The Bertz CT molecular complexity index is 471. The van der Waals surface area contributed by atoms with Crippen LogP contribution in [0.1, 0.15) is 17.4 Å². The van der Waals surface area contributed by atoms with Gasteiger partial charge in [0.05, 0.1) is 12.3 Å². The predicted molar refractivity (Wildman–Crippen MR) is 66.8 cm³/mol. The number of H-pyrrole nitrogens is 1. The Morgan fingerprint density at radius 3 is 2.94 bits per heavy atom. The summed E-state index contributed by atoms with van der Waals surface area (Å²) in [5.41, 5.74) is 2.34. The van der Waals surface area contributed by atoms with Gasteiger partial charge in [0, 0.05) is 38.2 Å². The van der Waals surface area contributed by atoms with E-state index in [0.29, 0.717) is 0 Å². The highest BCUT2D eigenvalue weighted by atomic mass is 16.5. The molecule has 0 saturated carbocycles. The lowest BCUT2D eigenvalue weighted by Crippen LogP contribution is -2.37. The van der Waals surface area contributed by atoms with Crippen molar-refractivity contribution < 1.29 is 4.74 Å². The molecule has 0 amide bonds. The number of pyridine rings is 1. The third-order valence-corrected chi connectivity index (χ3v) is 3.18. The predicted octanol–water partition coefficient (Wildman–Crippen LogP) is 1.38. The van der Waals surface area contributed by atoms with Gasteiger partial charge in [0.25, 0.3) is 0 Å². The average molecular weight is 244 g/mol. The van der Waals surface area contributed by atoms with Gasteiger partial charge >= 0.3 is 0 Å². The van der Waals surface area contributed by atoms with E-state index in [0.717, 1.165) is 31.9 Å². The number of hydrogen-bond donors (Lipinski definition) is 1. The quantitative estimate of drug-likeness (QED) is 0.886. The number of aromatic nitrogens is 3. The molecule has 1 N–H and O–H groups in total. The van der Waals surface area contributed by atoms with Crippen LogP contribution in [0.25, 0.3) is 0 Å². The number of hydrogen-bond acceptors (Lipinski definition) is 4. The zero-order valence-corrected chi connectivity index (χ0v) is 10.1. The van der Waals surface area contributed by atoms with Gasteiger partial charge in [-0.25, -0.2) is 0 Å². The molecule has 5 heteroatoms. The van der Waals surface area contributed by atoms with Gasteiger partial charge in [-0.1, -0.05) is 0 Å². The minimum Gasteiger partial charge on any atom is -0.369 e. The molecule has 2 aromatic rings. The average Bonchev–Trinajstić information content (AvgIpc) is 2.94. The van der Waals surface area contributed by atoms with Crippen LogP contribution in [0, 0.1) is 0 Å².